The summed E-state index contributed by atoms with van der Waals surface area (Å²) < 4.78 is 40.0. The van der Waals surface area contributed by atoms with Crippen molar-refractivity contribution in [1.82, 2.24) is 5.48 Å². The van der Waals surface area contributed by atoms with E-state index in [1.807, 2.05) is 13.8 Å². The van der Waals surface area contributed by atoms with Crippen LogP contribution in [0.1, 0.15) is 42.3 Å². The predicted octanol–water partition coefficient (Wildman–Crippen LogP) is 6.66. The second-order valence-electron chi connectivity index (χ2n) is 9.05. The Bertz CT molecular complexity index is 1340. The van der Waals surface area contributed by atoms with Gasteiger partial charge in [-0.25, -0.2) is 28.6 Å². The zero-order valence-corrected chi connectivity index (χ0v) is 23.6. The molecule has 1 heterocycles. The number of ether oxygens (including phenoxy) is 2. The number of halogens is 2. The van der Waals surface area contributed by atoms with Crippen LogP contribution in [0.5, 0.6) is 0 Å². The summed E-state index contributed by atoms with van der Waals surface area (Å²) in [7, 11) is 1.31. The number of nitrogens with zero attached hydrogens (tertiary/aromatic N) is 1. The average Bonchev–Trinajstić information content (AvgIpc) is 3.24. The lowest BCUT2D eigenvalue weighted by atomic mass is 10.1. The topological polar surface area (TPSA) is 106 Å². The molecule has 0 unspecified atom stereocenters. The molecule has 214 valence electrons. The van der Waals surface area contributed by atoms with Crippen molar-refractivity contribution in [3.63, 3.8) is 0 Å². The molecular formula is C28H31F2N3O6S. The molecule has 0 aliphatic carbocycles. The molecule has 3 aromatic rings. The molecule has 0 bridgehead atoms. The van der Waals surface area contributed by atoms with E-state index in [-0.39, 0.29) is 35.3 Å². The van der Waals surface area contributed by atoms with Gasteiger partial charge in [0.2, 0.25) is 0 Å². The normalized spacial score (nSPS) is 10.8. The number of nitrogens with one attached hydrogen (secondary N) is 2. The van der Waals surface area contributed by atoms with Gasteiger partial charge in [0.1, 0.15) is 16.6 Å². The highest BCUT2D eigenvalue weighted by molar-refractivity contribution is 7.20. The fourth-order valence-electron chi connectivity index (χ4n) is 3.74. The summed E-state index contributed by atoms with van der Waals surface area (Å²) in [6, 6.07) is 9.59. The molecule has 0 saturated heterocycles. The standard InChI is InChI=1S/C28H31F2N3O6S/c1-6-38-26(34)23-17(4)24(18-10-12-19(13-11-18)31-27(35)32-37-5)40-25(23)33(28(36)39-15-16(2)3)14-20-21(29)8-7-9-22(20)30/h7-13,16H,6,14-15H2,1-5H3,(H2,31,32,35). The Balaban J connectivity index is 2.12. The Morgan fingerprint density at radius 1 is 1.02 bits per heavy atom. The van der Waals surface area contributed by atoms with Crippen molar-refractivity contribution in [3.8, 4) is 10.4 Å². The number of carbonyl (C=O) groups is 3. The second kappa shape index (κ2) is 13.9. The second-order valence-corrected chi connectivity index (χ2v) is 10.1. The van der Waals surface area contributed by atoms with E-state index >= 15 is 0 Å². The summed E-state index contributed by atoms with van der Waals surface area (Å²) in [6.07, 6.45) is -0.863. The number of anilines is 2. The quantitative estimate of drug-likeness (QED) is 0.207. The number of hydroxylamine groups is 1. The van der Waals surface area contributed by atoms with Crippen LogP contribution >= 0.6 is 11.3 Å². The van der Waals surface area contributed by atoms with Crippen LogP contribution in [0.2, 0.25) is 0 Å². The van der Waals surface area contributed by atoms with Gasteiger partial charge in [0.25, 0.3) is 0 Å². The van der Waals surface area contributed by atoms with E-state index in [0.717, 1.165) is 28.4 Å². The molecule has 12 heteroatoms. The average molecular weight is 576 g/mol. The molecule has 2 N–H and O–H groups in total. The fourth-order valence-corrected chi connectivity index (χ4v) is 5.03. The van der Waals surface area contributed by atoms with E-state index in [4.69, 9.17) is 9.47 Å². The highest BCUT2D eigenvalue weighted by Gasteiger charge is 2.32. The van der Waals surface area contributed by atoms with Crippen molar-refractivity contribution >= 4 is 40.1 Å². The first-order valence-corrected chi connectivity index (χ1v) is 13.3. The number of benzene rings is 2. The summed E-state index contributed by atoms with van der Waals surface area (Å²) in [5.41, 5.74) is 3.54. The van der Waals surface area contributed by atoms with Crippen LogP contribution in [0.25, 0.3) is 10.4 Å². The number of carbonyl (C=O) groups excluding carboxylic acids is 3. The van der Waals surface area contributed by atoms with Crippen LogP contribution in [0.15, 0.2) is 42.5 Å². The molecule has 0 fully saturated rings. The summed E-state index contributed by atoms with van der Waals surface area (Å²) in [5, 5.41) is 2.72. The van der Waals surface area contributed by atoms with Crippen molar-refractivity contribution in [3.05, 3.63) is 70.8 Å². The molecule has 0 saturated carbocycles. The smallest absolute Gasteiger partial charge is 0.415 e. The number of hydrogen-bond acceptors (Lipinski definition) is 7. The van der Waals surface area contributed by atoms with Gasteiger partial charge in [-0.3, -0.25) is 9.74 Å². The number of amides is 3. The zero-order valence-electron chi connectivity index (χ0n) is 22.8. The van der Waals surface area contributed by atoms with Gasteiger partial charge in [-0.1, -0.05) is 32.0 Å². The molecule has 0 aliphatic heterocycles. The highest BCUT2D eigenvalue weighted by atomic mass is 32.1. The number of hydrogen-bond donors (Lipinski definition) is 2. The maximum Gasteiger partial charge on any atom is 0.415 e. The Morgan fingerprint density at radius 2 is 1.68 bits per heavy atom. The van der Waals surface area contributed by atoms with Crippen LogP contribution in [-0.4, -0.2) is 38.4 Å². The van der Waals surface area contributed by atoms with Gasteiger partial charge in [-0.05, 0) is 55.2 Å². The molecule has 0 atom stereocenters. The number of urea groups is 1. The van der Waals surface area contributed by atoms with Crippen molar-refractivity contribution < 1.29 is 37.5 Å². The van der Waals surface area contributed by atoms with Crippen molar-refractivity contribution in [1.29, 1.82) is 0 Å². The lowest BCUT2D eigenvalue weighted by molar-refractivity contribution is 0.0527. The first kappa shape index (κ1) is 30.5. The van der Waals surface area contributed by atoms with Gasteiger partial charge >= 0.3 is 18.1 Å². The van der Waals surface area contributed by atoms with Crippen molar-refractivity contribution in [2.24, 2.45) is 5.92 Å². The van der Waals surface area contributed by atoms with E-state index in [9.17, 15) is 23.2 Å². The maximum atomic E-state index is 14.7. The lowest BCUT2D eigenvalue weighted by Crippen LogP contribution is -2.33. The van der Waals surface area contributed by atoms with Gasteiger partial charge in [-0.15, -0.1) is 11.3 Å². The first-order valence-electron chi connectivity index (χ1n) is 12.4. The van der Waals surface area contributed by atoms with Crippen molar-refractivity contribution in [2.45, 2.75) is 34.2 Å². The van der Waals surface area contributed by atoms with Crippen LogP contribution in [-0.2, 0) is 20.9 Å². The van der Waals surface area contributed by atoms with E-state index in [2.05, 4.69) is 15.6 Å². The molecule has 3 rings (SSSR count). The molecule has 2 aromatic carbocycles. The van der Waals surface area contributed by atoms with Crippen LogP contribution in [0.3, 0.4) is 0 Å². The first-order chi connectivity index (χ1) is 19.1. The molecule has 1 aromatic heterocycles. The van der Waals surface area contributed by atoms with E-state index in [0.29, 0.717) is 21.7 Å². The Hall–Kier alpha value is -4.03. The SMILES string of the molecule is CCOC(=O)c1c(N(Cc2c(F)cccc2F)C(=O)OCC(C)C)sc(-c2ccc(NC(=O)NOC)cc2)c1C. The summed E-state index contributed by atoms with van der Waals surface area (Å²) in [5.74, 6) is -2.37. The molecule has 0 aliphatic rings. The fraction of sp³-hybridized carbons (Fsp3) is 0.321. The monoisotopic (exact) mass is 575 g/mol. The third-order valence-electron chi connectivity index (χ3n) is 5.59. The minimum absolute atomic E-state index is 0.000693. The number of thiophene rings is 1. The van der Waals surface area contributed by atoms with Crippen LogP contribution in [0, 0.1) is 24.5 Å². The summed E-state index contributed by atoms with van der Waals surface area (Å²) in [6.45, 7) is 6.67. The molecule has 0 radical (unpaired) electrons. The number of rotatable bonds is 10. The maximum absolute atomic E-state index is 14.7. The lowest BCUT2D eigenvalue weighted by Gasteiger charge is -2.23. The Kier molecular flexibility index (Phi) is 10.6. The molecule has 3 amide bonds. The van der Waals surface area contributed by atoms with Gasteiger partial charge in [0, 0.05) is 16.1 Å². The molecular weight excluding hydrogens is 544 g/mol. The van der Waals surface area contributed by atoms with E-state index < -0.39 is 36.3 Å². The minimum Gasteiger partial charge on any atom is -0.462 e. The van der Waals surface area contributed by atoms with Crippen LogP contribution < -0.4 is 15.7 Å². The third kappa shape index (κ3) is 7.33. The van der Waals surface area contributed by atoms with Crippen LogP contribution in [0.4, 0.5) is 29.1 Å². The predicted molar refractivity (Wildman–Crippen MR) is 148 cm³/mol. The molecule has 9 nitrogen and oxygen atoms in total. The van der Waals surface area contributed by atoms with Gasteiger partial charge < -0.3 is 14.8 Å². The summed E-state index contributed by atoms with van der Waals surface area (Å²) in [4.78, 5) is 44.4. The molecule has 0 spiro atoms. The third-order valence-corrected chi connectivity index (χ3v) is 6.95. The summed E-state index contributed by atoms with van der Waals surface area (Å²) >= 11 is 1.08. The molecule has 40 heavy (non-hydrogen) atoms. The number of esters is 1. The van der Waals surface area contributed by atoms with Gasteiger partial charge in [-0.2, -0.15) is 0 Å². The van der Waals surface area contributed by atoms with E-state index in [1.54, 1.807) is 38.1 Å². The van der Waals surface area contributed by atoms with Crippen molar-refractivity contribution in [2.75, 3.05) is 30.5 Å². The van der Waals surface area contributed by atoms with Gasteiger partial charge in [0.15, 0.2) is 0 Å². The van der Waals surface area contributed by atoms with E-state index in [1.165, 1.54) is 13.2 Å². The van der Waals surface area contributed by atoms with Gasteiger partial charge in [0.05, 0.1) is 32.4 Å². The largest absolute Gasteiger partial charge is 0.462 e. The minimum atomic E-state index is -0.863. The highest BCUT2D eigenvalue weighted by Crippen LogP contribution is 2.43. The Labute approximate surface area is 235 Å². The zero-order chi connectivity index (χ0) is 29.4. The Morgan fingerprint density at radius 3 is 2.25 bits per heavy atom.